The Balaban J connectivity index is 2.15. The molecular formula is C15H21N3. The molecule has 0 aliphatic heterocycles. The Morgan fingerprint density at radius 2 is 1.94 bits per heavy atom. The van der Waals surface area contributed by atoms with Crippen molar-refractivity contribution in [2.45, 2.75) is 33.4 Å². The third kappa shape index (κ3) is 2.99. The van der Waals surface area contributed by atoms with E-state index in [0.717, 1.165) is 31.9 Å². The van der Waals surface area contributed by atoms with Gasteiger partial charge >= 0.3 is 0 Å². The maximum absolute atomic E-state index is 4.44. The Kier molecular flexibility index (Phi) is 4.53. The van der Waals surface area contributed by atoms with Crippen molar-refractivity contribution in [1.29, 1.82) is 0 Å². The molecule has 1 aromatic carbocycles. The summed E-state index contributed by atoms with van der Waals surface area (Å²) >= 11 is 0. The molecule has 0 amide bonds. The number of rotatable bonds is 6. The fourth-order valence-corrected chi connectivity index (χ4v) is 2.03. The summed E-state index contributed by atoms with van der Waals surface area (Å²) < 4.78 is 2.21. The van der Waals surface area contributed by atoms with Crippen LogP contribution in [0.1, 0.15) is 25.8 Å². The molecule has 0 spiro atoms. The van der Waals surface area contributed by atoms with Crippen LogP contribution in [0.2, 0.25) is 0 Å². The summed E-state index contributed by atoms with van der Waals surface area (Å²) in [4.78, 5) is 4.44. The van der Waals surface area contributed by atoms with Gasteiger partial charge in [0, 0.05) is 31.0 Å². The van der Waals surface area contributed by atoms with Crippen LogP contribution in [0.25, 0.3) is 11.4 Å². The van der Waals surface area contributed by atoms with E-state index in [1.165, 1.54) is 11.1 Å². The van der Waals surface area contributed by atoms with Gasteiger partial charge in [0.05, 0.1) is 0 Å². The Bertz CT molecular complexity index is 471. The van der Waals surface area contributed by atoms with E-state index in [-0.39, 0.29) is 0 Å². The highest BCUT2D eigenvalue weighted by Crippen LogP contribution is 2.18. The monoisotopic (exact) mass is 243 g/mol. The molecule has 0 saturated heterocycles. The summed E-state index contributed by atoms with van der Waals surface area (Å²) in [7, 11) is 0. The average Bonchev–Trinajstić information content (AvgIpc) is 2.86. The van der Waals surface area contributed by atoms with Crippen LogP contribution in [0.5, 0.6) is 0 Å². The van der Waals surface area contributed by atoms with Gasteiger partial charge in [0.25, 0.3) is 0 Å². The Morgan fingerprint density at radius 3 is 2.61 bits per heavy atom. The molecule has 0 fully saturated rings. The van der Waals surface area contributed by atoms with E-state index < -0.39 is 0 Å². The lowest BCUT2D eigenvalue weighted by Gasteiger charge is -2.07. The Labute approximate surface area is 109 Å². The van der Waals surface area contributed by atoms with Gasteiger partial charge in [-0.15, -0.1) is 0 Å². The molecule has 2 rings (SSSR count). The standard InChI is InChI=1S/C15H21N3/c1-3-10-18-11-9-17-15(18)14-7-5-13(6-8-14)12-16-4-2/h5-9,11,16H,3-4,10,12H2,1-2H3. The minimum atomic E-state index is 0.931. The zero-order valence-corrected chi connectivity index (χ0v) is 11.2. The number of hydrogen-bond donors (Lipinski definition) is 1. The Morgan fingerprint density at radius 1 is 1.17 bits per heavy atom. The fourth-order valence-electron chi connectivity index (χ4n) is 2.03. The van der Waals surface area contributed by atoms with E-state index in [0.29, 0.717) is 0 Å². The topological polar surface area (TPSA) is 29.9 Å². The van der Waals surface area contributed by atoms with Crippen molar-refractivity contribution in [2.75, 3.05) is 6.54 Å². The smallest absolute Gasteiger partial charge is 0.139 e. The van der Waals surface area contributed by atoms with Gasteiger partial charge in [-0.2, -0.15) is 0 Å². The van der Waals surface area contributed by atoms with Crippen LogP contribution < -0.4 is 5.32 Å². The third-order valence-electron chi connectivity index (χ3n) is 2.97. The maximum Gasteiger partial charge on any atom is 0.139 e. The van der Waals surface area contributed by atoms with Crippen LogP contribution in [-0.4, -0.2) is 16.1 Å². The van der Waals surface area contributed by atoms with E-state index >= 15 is 0 Å². The molecule has 0 saturated carbocycles. The zero-order chi connectivity index (χ0) is 12.8. The number of benzene rings is 1. The second-order valence-corrected chi connectivity index (χ2v) is 4.42. The van der Waals surface area contributed by atoms with Gasteiger partial charge in [-0.05, 0) is 18.5 Å². The molecule has 96 valence electrons. The molecule has 0 aliphatic carbocycles. The largest absolute Gasteiger partial charge is 0.331 e. The highest BCUT2D eigenvalue weighted by molar-refractivity contribution is 5.56. The molecule has 1 aromatic heterocycles. The molecule has 3 nitrogen and oxygen atoms in total. The summed E-state index contributed by atoms with van der Waals surface area (Å²) in [5.74, 6) is 1.06. The molecular weight excluding hydrogens is 222 g/mol. The van der Waals surface area contributed by atoms with Crippen molar-refractivity contribution < 1.29 is 0 Å². The number of hydrogen-bond acceptors (Lipinski definition) is 2. The molecule has 18 heavy (non-hydrogen) atoms. The van der Waals surface area contributed by atoms with Gasteiger partial charge in [-0.1, -0.05) is 38.1 Å². The molecule has 0 unspecified atom stereocenters. The van der Waals surface area contributed by atoms with Crippen molar-refractivity contribution in [1.82, 2.24) is 14.9 Å². The summed E-state index contributed by atoms with van der Waals surface area (Å²) in [5.41, 5.74) is 2.50. The molecule has 1 heterocycles. The van der Waals surface area contributed by atoms with Crippen LogP contribution in [-0.2, 0) is 13.1 Å². The summed E-state index contributed by atoms with van der Waals surface area (Å²) in [5, 5.41) is 3.33. The number of nitrogens with zero attached hydrogens (tertiary/aromatic N) is 2. The van der Waals surface area contributed by atoms with Crippen molar-refractivity contribution in [3.8, 4) is 11.4 Å². The first-order chi connectivity index (χ1) is 8.85. The van der Waals surface area contributed by atoms with Gasteiger partial charge < -0.3 is 9.88 Å². The Hall–Kier alpha value is -1.61. The lowest BCUT2D eigenvalue weighted by atomic mass is 10.1. The van der Waals surface area contributed by atoms with E-state index in [9.17, 15) is 0 Å². The molecule has 3 heteroatoms. The van der Waals surface area contributed by atoms with Crippen molar-refractivity contribution in [2.24, 2.45) is 0 Å². The van der Waals surface area contributed by atoms with Gasteiger partial charge in [-0.25, -0.2) is 4.98 Å². The lowest BCUT2D eigenvalue weighted by molar-refractivity contribution is 0.685. The van der Waals surface area contributed by atoms with Crippen molar-refractivity contribution >= 4 is 0 Å². The number of aryl methyl sites for hydroxylation is 1. The first kappa shape index (κ1) is 12.8. The fraction of sp³-hybridized carbons (Fsp3) is 0.400. The number of nitrogens with one attached hydrogen (secondary N) is 1. The number of aromatic nitrogens is 2. The highest BCUT2D eigenvalue weighted by Gasteiger charge is 2.04. The zero-order valence-electron chi connectivity index (χ0n) is 11.2. The van der Waals surface area contributed by atoms with E-state index in [1.807, 2.05) is 12.4 Å². The second kappa shape index (κ2) is 6.36. The van der Waals surface area contributed by atoms with E-state index in [2.05, 4.69) is 53.0 Å². The second-order valence-electron chi connectivity index (χ2n) is 4.42. The van der Waals surface area contributed by atoms with Crippen LogP contribution in [0, 0.1) is 0 Å². The maximum atomic E-state index is 4.44. The lowest BCUT2D eigenvalue weighted by Crippen LogP contribution is -2.11. The van der Waals surface area contributed by atoms with Crippen LogP contribution in [0.4, 0.5) is 0 Å². The van der Waals surface area contributed by atoms with Crippen molar-refractivity contribution in [3.05, 3.63) is 42.2 Å². The SMILES string of the molecule is CCCn1ccnc1-c1ccc(CNCC)cc1. The summed E-state index contributed by atoms with van der Waals surface area (Å²) in [6, 6.07) is 8.65. The van der Waals surface area contributed by atoms with E-state index in [4.69, 9.17) is 0 Å². The van der Waals surface area contributed by atoms with Gasteiger partial charge in [-0.3, -0.25) is 0 Å². The molecule has 0 radical (unpaired) electrons. The van der Waals surface area contributed by atoms with Gasteiger partial charge in [0.15, 0.2) is 0 Å². The van der Waals surface area contributed by atoms with Gasteiger partial charge in [0.1, 0.15) is 5.82 Å². The van der Waals surface area contributed by atoms with Crippen LogP contribution in [0.3, 0.4) is 0 Å². The molecule has 0 bridgehead atoms. The molecule has 0 aliphatic rings. The molecule has 0 atom stereocenters. The first-order valence-corrected chi connectivity index (χ1v) is 6.66. The van der Waals surface area contributed by atoms with Crippen LogP contribution >= 0.6 is 0 Å². The minimum absolute atomic E-state index is 0.931. The number of imidazole rings is 1. The van der Waals surface area contributed by atoms with Crippen LogP contribution in [0.15, 0.2) is 36.7 Å². The first-order valence-electron chi connectivity index (χ1n) is 6.66. The van der Waals surface area contributed by atoms with Gasteiger partial charge in [0.2, 0.25) is 0 Å². The third-order valence-corrected chi connectivity index (χ3v) is 2.97. The quantitative estimate of drug-likeness (QED) is 0.845. The summed E-state index contributed by atoms with van der Waals surface area (Å²) in [6.45, 7) is 7.26. The van der Waals surface area contributed by atoms with Crippen molar-refractivity contribution in [3.63, 3.8) is 0 Å². The predicted molar refractivity (Wildman–Crippen MR) is 75.3 cm³/mol. The summed E-state index contributed by atoms with van der Waals surface area (Å²) in [6.07, 6.45) is 5.05. The minimum Gasteiger partial charge on any atom is -0.331 e. The normalized spacial score (nSPS) is 10.8. The average molecular weight is 243 g/mol. The molecule has 2 aromatic rings. The molecule has 1 N–H and O–H groups in total. The van der Waals surface area contributed by atoms with E-state index in [1.54, 1.807) is 0 Å². The highest BCUT2D eigenvalue weighted by atomic mass is 15.1. The predicted octanol–water partition coefficient (Wildman–Crippen LogP) is 3.07.